The van der Waals surface area contributed by atoms with Crippen molar-refractivity contribution in [1.29, 1.82) is 0 Å². The van der Waals surface area contributed by atoms with Gasteiger partial charge in [0, 0.05) is 24.0 Å². The summed E-state index contributed by atoms with van der Waals surface area (Å²) >= 11 is 0. The third-order valence-electron chi connectivity index (χ3n) is 3.46. The summed E-state index contributed by atoms with van der Waals surface area (Å²) in [6.45, 7) is 1.45. The molecule has 0 bridgehead atoms. The number of carbonyl (C=O) groups is 1. The quantitative estimate of drug-likeness (QED) is 0.559. The van der Waals surface area contributed by atoms with Crippen LogP contribution in [0.5, 0.6) is 0 Å². The number of nitrogens with zero attached hydrogens (tertiary/aromatic N) is 2. The van der Waals surface area contributed by atoms with Crippen LogP contribution in [0.2, 0.25) is 0 Å². The topological polar surface area (TPSA) is 105 Å². The van der Waals surface area contributed by atoms with Crippen molar-refractivity contribution in [3.8, 4) is 0 Å². The summed E-state index contributed by atoms with van der Waals surface area (Å²) in [6, 6.07) is 13.0. The van der Waals surface area contributed by atoms with Gasteiger partial charge in [0.25, 0.3) is 0 Å². The molecule has 1 amide bonds. The Morgan fingerprint density at radius 2 is 1.35 bits per heavy atom. The number of hydrogen-bond acceptors (Lipinski definition) is 6. The highest BCUT2D eigenvalue weighted by Gasteiger charge is 2.09. The maximum Gasteiger partial charge on any atom is 0.221 e. The van der Waals surface area contributed by atoms with Gasteiger partial charge in [-0.05, 0) is 48.5 Å². The lowest BCUT2D eigenvalue weighted by atomic mass is 10.2. The first-order valence-corrected chi connectivity index (χ1v) is 7.79. The molecule has 0 aliphatic rings. The molecule has 2 aromatic carbocycles. The summed E-state index contributed by atoms with van der Waals surface area (Å²) in [4.78, 5) is 19.3. The second-order valence-electron chi connectivity index (χ2n) is 5.50. The zero-order chi connectivity index (χ0) is 18.5. The molecule has 0 aliphatic carbocycles. The highest BCUT2D eigenvalue weighted by atomic mass is 19.1. The SMILES string of the molecule is CC(=O)Nc1ccc(Nc2ncnc(Nc3ccc(F)cc3)c2N)cc1. The van der Waals surface area contributed by atoms with E-state index in [1.165, 1.54) is 25.4 Å². The van der Waals surface area contributed by atoms with Crippen LogP contribution in [0.1, 0.15) is 6.92 Å². The van der Waals surface area contributed by atoms with Gasteiger partial charge in [-0.25, -0.2) is 14.4 Å². The van der Waals surface area contributed by atoms with Crippen molar-refractivity contribution < 1.29 is 9.18 Å². The lowest BCUT2D eigenvalue weighted by molar-refractivity contribution is -0.114. The van der Waals surface area contributed by atoms with Crippen LogP contribution in [0.4, 0.5) is 38.8 Å². The number of carbonyl (C=O) groups excluding carboxylic acids is 1. The van der Waals surface area contributed by atoms with E-state index in [1.54, 1.807) is 36.4 Å². The van der Waals surface area contributed by atoms with Gasteiger partial charge in [0.05, 0.1) is 0 Å². The number of nitrogens with one attached hydrogen (secondary N) is 3. The van der Waals surface area contributed by atoms with Crippen LogP contribution in [-0.4, -0.2) is 15.9 Å². The van der Waals surface area contributed by atoms with E-state index in [-0.39, 0.29) is 11.7 Å². The van der Waals surface area contributed by atoms with E-state index < -0.39 is 0 Å². The standard InChI is InChI=1S/C18H17FN6O/c1-11(26)23-13-6-8-15(9-7-13)25-18-16(20)17(21-10-22-18)24-14-4-2-12(19)3-5-14/h2-10H,20H2,1H3,(H,23,26)(H2,21,22,24,25). The van der Waals surface area contributed by atoms with Gasteiger partial charge < -0.3 is 21.7 Å². The monoisotopic (exact) mass is 352 g/mol. The van der Waals surface area contributed by atoms with Crippen molar-refractivity contribution in [1.82, 2.24) is 9.97 Å². The number of benzene rings is 2. The van der Waals surface area contributed by atoms with E-state index in [2.05, 4.69) is 25.9 Å². The zero-order valence-corrected chi connectivity index (χ0v) is 14.0. The first kappa shape index (κ1) is 17.2. The van der Waals surface area contributed by atoms with Crippen molar-refractivity contribution in [2.24, 2.45) is 0 Å². The molecule has 0 spiro atoms. The van der Waals surface area contributed by atoms with Crippen LogP contribution >= 0.6 is 0 Å². The highest BCUT2D eigenvalue weighted by Crippen LogP contribution is 2.28. The molecule has 132 valence electrons. The van der Waals surface area contributed by atoms with Crippen LogP contribution in [-0.2, 0) is 4.79 Å². The lowest BCUT2D eigenvalue weighted by Crippen LogP contribution is -2.06. The molecule has 0 saturated heterocycles. The summed E-state index contributed by atoms with van der Waals surface area (Å²) in [6.07, 6.45) is 1.37. The number of rotatable bonds is 5. The van der Waals surface area contributed by atoms with Crippen molar-refractivity contribution in [2.45, 2.75) is 6.92 Å². The number of nitrogen functional groups attached to an aromatic ring is 1. The Bertz CT molecular complexity index is 912. The molecule has 0 atom stereocenters. The van der Waals surface area contributed by atoms with Gasteiger partial charge >= 0.3 is 0 Å². The second-order valence-corrected chi connectivity index (χ2v) is 5.50. The first-order chi connectivity index (χ1) is 12.5. The first-order valence-electron chi connectivity index (χ1n) is 7.79. The summed E-state index contributed by atoms with van der Waals surface area (Å²) in [5, 5.41) is 8.82. The lowest BCUT2D eigenvalue weighted by Gasteiger charge is -2.13. The minimum atomic E-state index is -0.323. The molecule has 0 aliphatic heterocycles. The second kappa shape index (κ2) is 7.47. The summed E-state index contributed by atoms with van der Waals surface area (Å²) in [5.74, 6) is 0.374. The van der Waals surface area contributed by atoms with Gasteiger partial charge in [0.2, 0.25) is 5.91 Å². The van der Waals surface area contributed by atoms with Crippen LogP contribution in [0.25, 0.3) is 0 Å². The van der Waals surface area contributed by atoms with Gasteiger partial charge in [-0.2, -0.15) is 0 Å². The molecule has 3 aromatic rings. The van der Waals surface area contributed by atoms with Crippen LogP contribution in [0.15, 0.2) is 54.9 Å². The maximum atomic E-state index is 13.0. The van der Waals surface area contributed by atoms with Gasteiger partial charge in [0.1, 0.15) is 17.8 Å². The van der Waals surface area contributed by atoms with Gasteiger partial charge in [-0.3, -0.25) is 4.79 Å². The molecule has 5 N–H and O–H groups in total. The van der Waals surface area contributed by atoms with Crippen LogP contribution < -0.4 is 21.7 Å². The Morgan fingerprint density at radius 3 is 1.85 bits per heavy atom. The molecule has 3 rings (SSSR count). The molecular weight excluding hydrogens is 335 g/mol. The number of amides is 1. The molecule has 0 fully saturated rings. The van der Waals surface area contributed by atoms with E-state index >= 15 is 0 Å². The number of nitrogens with two attached hydrogens (primary N) is 1. The molecule has 8 heteroatoms. The van der Waals surface area contributed by atoms with Crippen molar-refractivity contribution in [3.05, 3.63) is 60.7 Å². The van der Waals surface area contributed by atoms with E-state index in [4.69, 9.17) is 5.73 Å². The fourth-order valence-electron chi connectivity index (χ4n) is 2.24. The van der Waals surface area contributed by atoms with E-state index in [9.17, 15) is 9.18 Å². The molecule has 26 heavy (non-hydrogen) atoms. The average Bonchev–Trinajstić information content (AvgIpc) is 2.61. The minimum Gasteiger partial charge on any atom is -0.393 e. The van der Waals surface area contributed by atoms with Crippen molar-refractivity contribution >= 4 is 40.3 Å². The summed E-state index contributed by atoms with van der Waals surface area (Å²) in [5.41, 5.74) is 8.54. The summed E-state index contributed by atoms with van der Waals surface area (Å²) < 4.78 is 13.0. The third kappa shape index (κ3) is 4.23. The number of anilines is 6. The molecule has 0 unspecified atom stereocenters. The maximum absolute atomic E-state index is 13.0. The Labute approximate surface area is 149 Å². The largest absolute Gasteiger partial charge is 0.393 e. The van der Waals surface area contributed by atoms with Gasteiger partial charge in [-0.1, -0.05) is 0 Å². The van der Waals surface area contributed by atoms with Gasteiger partial charge in [0.15, 0.2) is 11.6 Å². The predicted molar refractivity (Wildman–Crippen MR) is 100 cm³/mol. The molecule has 1 aromatic heterocycles. The number of hydrogen-bond donors (Lipinski definition) is 4. The average molecular weight is 352 g/mol. The summed E-state index contributed by atoms with van der Waals surface area (Å²) in [7, 11) is 0. The fraction of sp³-hybridized carbons (Fsp3) is 0.0556. The Balaban J connectivity index is 1.76. The normalized spacial score (nSPS) is 10.2. The van der Waals surface area contributed by atoms with Crippen LogP contribution in [0.3, 0.4) is 0 Å². The molecule has 1 heterocycles. The van der Waals surface area contributed by atoms with Crippen molar-refractivity contribution in [2.75, 3.05) is 21.7 Å². The zero-order valence-electron chi connectivity index (χ0n) is 14.0. The Morgan fingerprint density at radius 1 is 0.885 bits per heavy atom. The van der Waals surface area contributed by atoms with Gasteiger partial charge in [-0.15, -0.1) is 0 Å². The smallest absolute Gasteiger partial charge is 0.221 e. The van der Waals surface area contributed by atoms with Crippen LogP contribution in [0, 0.1) is 5.82 Å². The Kier molecular flexibility index (Phi) is 4.93. The highest BCUT2D eigenvalue weighted by molar-refractivity contribution is 5.89. The van der Waals surface area contributed by atoms with E-state index in [0.717, 1.165) is 5.69 Å². The van der Waals surface area contributed by atoms with E-state index in [0.29, 0.717) is 28.7 Å². The predicted octanol–water partition coefficient (Wildman–Crippen LogP) is 3.64. The van der Waals surface area contributed by atoms with Crippen molar-refractivity contribution in [3.63, 3.8) is 0 Å². The third-order valence-corrected chi connectivity index (χ3v) is 3.46. The molecular formula is C18H17FN6O. The molecule has 7 nitrogen and oxygen atoms in total. The number of halogens is 1. The van der Waals surface area contributed by atoms with E-state index in [1.807, 2.05) is 0 Å². The fourth-order valence-corrected chi connectivity index (χ4v) is 2.24. The Hall–Kier alpha value is -3.68. The molecule has 0 radical (unpaired) electrons. The minimum absolute atomic E-state index is 0.137. The number of aromatic nitrogens is 2. The molecule has 0 saturated carbocycles.